The molecule has 0 aliphatic carbocycles. The molecule has 8 heteroatoms. The second-order valence-corrected chi connectivity index (χ2v) is 6.64. The lowest BCUT2D eigenvalue weighted by molar-refractivity contribution is -0.217. The molecular formula is C18H25NO7. The summed E-state index contributed by atoms with van der Waals surface area (Å²) in [6.07, 6.45) is -2.44. The third kappa shape index (κ3) is 4.72. The number of carbonyl (C=O) groups is 1. The highest BCUT2D eigenvalue weighted by molar-refractivity contribution is 5.67. The number of nitrogens with one attached hydrogen (secondary N) is 1. The van der Waals surface area contributed by atoms with Crippen molar-refractivity contribution in [3.63, 3.8) is 0 Å². The Morgan fingerprint density at radius 2 is 2.04 bits per heavy atom. The molecule has 144 valence electrons. The third-order valence-corrected chi connectivity index (χ3v) is 4.15. The quantitative estimate of drug-likeness (QED) is 0.747. The van der Waals surface area contributed by atoms with E-state index in [-0.39, 0.29) is 26.4 Å². The fraction of sp³-hybridized carbons (Fsp3) is 0.611. The Kier molecular flexibility index (Phi) is 6.10. The van der Waals surface area contributed by atoms with Crippen molar-refractivity contribution in [2.24, 2.45) is 0 Å². The molecule has 1 amide bonds. The smallest absolute Gasteiger partial charge is 0.407 e. The minimum atomic E-state index is -0.761. The number of aliphatic hydroxyl groups excluding tert-OH is 1. The van der Waals surface area contributed by atoms with Crippen LogP contribution in [0.2, 0.25) is 0 Å². The van der Waals surface area contributed by atoms with Crippen molar-refractivity contribution in [3.05, 3.63) is 35.9 Å². The number of amides is 1. The second-order valence-electron chi connectivity index (χ2n) is 6.64. The number of hydrogen-bond donors (Lipinski definition) is 2. The van der Waals surface area contributed by atoms with E-state index in [2.05, 4.69) is 5.32 Å². The molecule has 2 aliphatic heterocycles. The maximum atomic E-state index is 11.9. The van der Waals surface area contributed by atoms with Crippen molar-refractivity contribution in [1.29, 1.82) is 0 Å². The first-order valence-electron chi connectivity index (χ1n) is 8.66. The zero-order chi connectivity index (χ0) is 18.6. The Morgan fingerprint density at radius 1 is 1.27 bits per heavy atom. The Morgan fingerprint density at radius 3 is 2.77 bits per heavy atom. The molecule has 0 aromatic heterocycles. The van der Waals surface area contributed by atoms with Crippen molar-refractivity contribution in [1.82, 2.24) is 5.32 Å². The average molecular weight is 367 g/mol. The van der Waals surface area contributed by atoms with Gasteiger partial charge in [0.25, 0.3) is 0 Å². The summed E-state index contributed by atoms with van der Waals surface area (Å²) in [7, 11) is 0. The molecular weight excluding hydrogens is 342 g/mol. The number of rotatable bonds is 7. The zero-order valence-electron chi connectivity index (χ0n) is 14.9. The first kappa shape index (κ1) is 19.1. The summed E-state index contributed by atoms with van der Waals surface area (Å²) >= 11 is 0. The van der Waals surface area contributed by atoms with E-state index in [9.17, 15) is 4.79 Å². The summed E-state index contributed by atoms with van der Waals surface area (Å²) in [6, 6.07) is 9.42. The number of alkyl carbamates (subject to hydrolysis) is 1. The van der Waals surface area contributed by atoms with Crippen LogP contribution in [0.4, 0.5) is 4.79 Å². The van der Waals surface area contributed by atoms with Gasteiger partial charge in [-0.3, -0.25) is 0 Å². The summed E-state index contributed by atoms with van der Waals surface area (Å²) in [4.78, 5) is 11.9. The molecule has 0 saturated carbocycles. The standard InChI is InChI=1S/C18H25NO7/c1-18(2)25-15-14(22-9-8-20)13(24-16(15)26-18)10-19-17(21)23-11-12-6-4-3-5-7-12/h3-7,13-16,20H,8-11H2,1-2H3,(H,19,21)/t13-,14-,15-,16-/m1/s1. The van der Waals surface area contributed by atoms with E-state index in [0.29, 0.717) is 0 Å². The highest BCUT2D eigenvalue weighted by Crippen LogP contribution is 2.38. The predicted octanol–water partition coefficient (Wildman–Crippen LogP) is 1.17. The molecule has 0 bridgehead atoms. The van der Waals surface area contributed by atoms with Crippen LogP contribution in [0.15, 0.2) is 30.3 Å². The molecule has 2 saturated heterocycles. The minimum Gasteiger partial charge on any atom is -0.445 e. The number of hydrogen-bond acceptors (Lipinski definition) is 7. The number of aliphatic hydroxyl groups is 1. The second kappa shape index (κ2) is 8.32. The summed E-state index contributed by atoms with van der Waals surface area (Å²) in [6.45, 7) is 4.00. The lowest BCUT2D eigenvalue weighted by Gasteiger charge is -2.25. The molecule has 2 aliphatic rings. The molecule has 4 atom stereocenters. The summed E-state index contributed by atoms with van der Waals surface area (Å²) in [5, 5.41) is 11.7. The van der Waals surface area contributed by atoms with Crippen LogP contribution in [0, 0.1) is 0 Å². The maximum Gasteiger partial charge on any atom is 0.407 e. The molecule has 2 fully saturated rings. The molecule has 2 heterocycles. The van der Waals surface area contributed by atoms with Crippen LogP contribution in [0.3, 0.4) is 0 Å². The van der Waals surface area contributed by atoms with Crippen LogP contribution in [-0.2, 0) is 30.3 Å². The first-order chi connectivity index (χ1) is 12.5. The van der Waals surface area contributed by atoms with Gasteiger partial charge in [0.15, 0.2) is 12.1 Å². The van der Waals surface area contributed by atoms with E-state index >= 15 is 0 Å². The highest BCUT2D eigenvalue weighted by atomic mass is 16.8. The van der Waals surface area contributed by atoms with E-state index in [1.165, 1.54) is 0 Å². The number of ether oxygens (including phenoxy) is 5. The third-order valence-electron chi connectivity index (χ3n) is 4.15. The van der Waals surface area contributed by atoms with Gasteiger partial charge >= 0.3 is 6.09 Å². The van der Waals surface area contributed by atoms with Crippen LogP contribution in [0.1, 0.15) is 19.4 Å². The largest absolute Gasteiger partial charge is 0.445 e. The van der Waals surface area contributed by atoms with E-state index in [1.807, 2.05) is 30.3 Å². The molecule has 2 N–H and O–H groups in total. The van der Waals surface area contributed by atoms with Crippen molar-refractivity contribution in [3.8, 4) is 0 Å². The van der Waals surface area contributed by atoms with Gasteiger partial charge in [-0.1, -0.05) is 30.3 Å². The topological polar surface area (TPSA) is 95.5 Å². The molecule has 1 aromatic rings. The predicted molar refractivity (Wildman–Crippen MR) is 90.2 cm³/mol. The lowest BCUT2D eigenvalue weighted by Crippen LogP contribution is -2.43. The molecule has 0 radical (unpaired) electrons. The van der Waals surface area contributed by atoms with Gasteiger partial charge in [-0.25, -0.2) is 4.79 Å². The van der Waals surface area contributed by atoms with Gasteiger partial charge in [-0.2, -0.15) is 0 Å². The van der Waals surface area contributed by atoms with Gasteiger partial charge in [0.2, 0.25) is 0 Å². The van der Waals surface area contributed by atoms with Crippen LogP contribution in [0.25, 0.3) is 0 Å². The van der Waals surface area contributed by atoms with E-state index in [0.717, 1.165) is 5.56 Å². The van der Waals surface area contributed by atoms with E-state index in [1.54, 1.807) is 13.8 Å². The van der Waals surface area contributed by atoms with Gasteiger partial charge in [-0.05, 0) is 19.4 Å². The van der Waals surface area contributed by atoms with Crippen LogP contribution < -0.4 is 5.32 Å². The maximum absolute atomic E-state index is 11.9. The molecule has 1 aromatic carbocycles. The molecule has 0 unspecified atom stereocenters. The Balaban J connectivity index is 1.49. The van der Waals surface area contributed by atoms with E-state index < -0.39 is 36.5 Å². The first-order valence-corrected chi connectivity index (χ1v) is 8.66. The Bertz CT molecular complexity index is 594. The van der Waals surface area contributed by atoms with Crippen LogP contribution in [-0.4, -0.2) is 61.3 Å². The van der Waals surface area contributed by atoms with Crippen molar-refractivity contribution in [2.75, 3.05) is 19.8 Å². The van der Waals surface area contributed by atoms with Gasteiger partial charge < -0.3 is 34.1 Å². The SMILES string of the molecule is CC1(C)O[C@H]2O[C@H](CNC(=O)OCc3ccccc3)[C@@H](OCCO)[C@H]2O1. The van der Waals surface area contributed by atoms with Crippen molar-refractivity contribution in [2.45, 2.75) is 50.8 Å². The van der Waals surface area contributed by atoms with Crippen LogP contribution >= 0.6 is 0 Å². The average Bonchev–Trinajstić information content (AvgIpc) is 3.08. The minimum absolute atomic E-state index is 0.114. The fourth-order valence-electron chi connectivity index (χ4n) is 3.06. The molecule has 8 nitrogen and oxygen atoms in total. The summed E-state index contributed by atoms with van der Waals surface area (Å²) in [5.41, 5.74) is 0.905. The molecule has 0 spiro atoms. The van der Waals surface area contributed by atoms with E-state index in [4.69, 9.17) is 28.8 Å². The number of benzene rings is 1. The Hall–Kier alpha value is -1.71. The zero-order valence-corrected chi connectivity index (χ0v) is 14.9. The van der Waals surface area contributed by atoms with Gasteiger partial charge in [0.1, 0.15) is 24.9 Å². The highest BCUT2D eigenvalue weighted by Gasteiger charge is 2.55. The normalized spacial score (nSPS) is 29.3. The summed E-state index contributed by atoms with van der Waals surface area (Å²) in [5.74, 6) is -0.761. The monoisotopic (exact) mass is 367 g/mol. The summed E-state index contributed by atoms with van der Waals surface area (Å²) < 4.78 is 28.2. The molecule has 3 rings (SSSR count). The van der Waals surface area contributed by atoms with Gasteiger partial charge in [0, 0.05) is 6.54 Å². The number of carbonyl (C=O) groups excluding carboxylic acids is 1. The van der Waals surface area contributed by atoms with Gasteiger partial charge in [-0.15, -0.1) is 0 Å². The van der Waals surface area contributed by atoms with Gasteiger partial charge in [0.05, 0.1) is 13.2 Å². The fourth-order valence-corrected chi connectivity index (χ4v) is 3.06. The number of fused-ring (bicyclic) bond motifs is 1. The van der Waals surface area contributed by atoms with Crippen molar-refractivity contribution < 1.29 is 33.6 Å². The Labute approximate surface area is 152 Å². The van der Waals surface area contributed by atoms with Crippen molar-refractivity contribution >= 4 is 6.09 Å². The molecule has 26 heavy (non-hydrogen) atoms. The lowest BCUT2D eigenvalue weighted by atomic mass is 10.1. The van der Waals surface area contributed by atoms with Crippen LogP contribution in [0.5, 0.6) is 0 Å².